The number of aryl methyl sites for hydroxylation is 2. The van der Waals surface area contributed by atoms with Crippen LogP contribution in [0.3, 0.4) is 0 Å². The number of nitrogens with two attached hydrogens (primary N) is 1. The molecule has 0 saturated carbocycles. The highest BCUT2D eigenvalue weighted by molar-refractivity contribution is 6.01. The number of guanidine groups is 1. The van der Waals surface area contributed by atoms with Gasteiger partial charge in [-0.3, -0.25) is 10.3 Å². The molecule has 104 valence electrons. The van der Waals surface area contributed by atoms with E-state index in [2.05, 4.69) is 39.8 Å². The van der Waals surface area contributed by atoms with Gasteiger partial charge in [-0.25, -0.2) is 0 Å². The Bertz CT molecular complexity index is 608. The molecule has 20 heavy (non-hydrogen) atoms. The first kappa shape index (κ1) is 14.1. The third-order valence-corrected chi connectivity index (χ3v) is 3.87. The normalized spacial score (nSPS) is 10.4. The predicted molar refractivity (Wildman–Crippen MR) is 85.9 cm³/mol. The van der Waals surface area contributed by atoms with Crippen molar-refractivity contribution in [2.75, 3.05) is 4.90 Å². The van der Waals surface area contributed by atoms with Crippen molar-refractivity contribution in [3.8, 4) is 0 Å². The van der Waals surface area contributed by atoms with Crippen LogP contribution in [-0.2, 0) is 0 Å². The van der Waals surface area contributed by atoms with E-state index in [1.54, 1.807) is 0 Å². The van der Waals surface area contributed by atoms with Crippen molar-refractivity contribution in [1.29, 1.82) is 5.41 Å². The molecule has 0 spiro atoms. The molecular weight excluding hydrogens is 246 g/mol. The molecule has 0 atom stereocenters. The Morgan fingerprint density at radius 1 is 0.850 bits per heavy atom. The third kappa shape index (κ3) is 2.39. The molecule has 0 bridgehead atoms. The van der Waals surface area contributed by atoms with Gasteiger partial charge in [0.15, 0.2) is 5.96 Å². The zero-order valence-corrected chi connectivity index (χ0v) is 12.5. The summed E-state index contributed by atoms with van der Waals surface area (Å²) >= 11 is 0. The van der Waals surface area contributed by atoms with Crippen molar-refractivity contribution in [1.82, 2.24) is 0 Å². The molecule has 3 heteroatoms. The van der Waals surface area contributed by atoms with E-state index < -0.39 is 0 Å². The fourth-order valence-electron chi connectivity index (χ4n) is 2.35. The Kier molecular flexibility index (Phi) is 3.79. The molecule has 0 fully saturated rings. The largest absolute Gasteiger partial charge is 0.369 e. The quantitative estimate of drug-likeness (QED) is 0.639. The van der Waals surface area contributed by atoms with Gasteiger partial charge in [0.1, 0.15) is 0 Å². The van der Waals surface area contributed by atoms with E-state index >= 15 is 0 Å². The average Bonchev–Trinajstić information content (AvgIpc) is 2.39. The fraction of sp³-hybridized carbons (Fsp3) is 0.235. The SMILES string of the molecule is Cc1cccc(N(C(=N)N)c2cccc(C)c2C)c1C. The third-order valence-electron chi connectivity index (χ3n) is 3.87. The molecule has 0 saturated heterocycles. The molecular formula is C17H21N3. The summed E-state index contributed by atoms with van der Waals surface area (Å²) in [5.74, 6) is 0.0346. The number of hydrogen-bond donors (Lipinski definition) is 2. The molecule has 0 unspecified atom stereocenters. The Balaban J connectivity index is 2.66. The highest BCUT2D eigenvalue weighted by Crippen LogP contribution is 2.32. The second-order valence-electron chi connectivity index (χ2n) is 5.16. The van der Waals surface area contributed by atoms with Crippen molar-refractivity contribution in [3.63, 3.8) is 0 Å². The first-order valence-corrected chi connectivity index (χ1v) is 6.70. The Morgan fingerprint density at radius 2 is 1.25 bits per heavy atom. The molecule has 2 rings (SSSR count). The fourth-order valence-corrected chi connectivity index (χ4v) is 2.35. The maximum Gasteiger partial charge on any atom is 0.197 e. The number of nitrogens with zero attached hydrogens (tertiary/aromatic N) is 1. The monoisotopic (exact) mass is 267 g/mol. The van der Waals surface area contributed by atoms with E-state index in [-0.39, 0.29) is 5.96 Å². The summed E-state index contributed by atoms with van der Waals surface area (Å²) in [5.41, 5.74) is 12.4. The molecule has 2 aromatic rings. The number of nitrogens with one attached hydrogen (secondary N) is 1. The van der Waals surface area contributed by atoms with Gasteiger partial charge in [0, 0.05) is 0 Å². The average molecular weight is 267 g/mol. The Morgan fingerprint density at radius 3 is 1.60 bits per heavy atom. The molecule has 0 radical (unpaired) electrons. The maximum atomic E-state index is 7.96. The van der Waals surface area contributed by atoms with Crippen LogP contribution in [0.2, 0.25) is 0 Å². The lowest BCUT2D eigenvalue weighted by atomic mass is 10.0. The van der Waals surface area contributed by atoms with Gasteiger partial charge in [-0.2, -0.15) is 0 Å². The van der Waals surface area contributed by atoms with Gasteiger partial charge in [0.25, 0.3) is 0 Å². The van der Waals surface area contributed by atoms with Gasteiger partial charge in [0.2, 0.25) is 0 Å². The molecule has 0 heterocycles. The topological polar surface area (TPSA) is 53.1 Å². The van der Waals surface area contributed by atoms with Crippen molar-refractivity contribution >= 4 is 17.3 Å². The van der Waals surface area contributed by atoms with E-state index in [1.165, 1.54) is 11.1 Å². The van der Waals surface area contributed by atoms with Crippen LogP contribution in [-0.4, -0.2) is 5.96 Å². The van der Waals surface area contributed by atoms with Crippen molar-refractivity contribution in [3.05, 3.63) is 58.7 Å². The predicted octanol–water partition coefficient (Wildman–Crippen LogP) is 3.95. The number of rotatable bonds is 2. The number of benzene rings is 2. The summed E-state index contributed by atoms with van der Waals surface area (Å²) in [6, 6.07) is 12.1. The lowest BCUT2D eigenvalue weighted by Crippen LogP contribution is -2.33. The van der Waals surface area contributed by atoms with Crippen LogP contribution in [0.25, 0.3) is 0 Å². The van der Waals surface area contributed by atoms with E-state index in [4.69, 9.17) is 11.1 Å². The maximum absolute atomic E-state index is 7.96. The summed E-state index contributed by atoms with van der Waals surface area (Å²) in [4.78, 5) is 1.81. The first-order valence-electron chi connectivity index (χ1n) is 6.70. The molecule has 0 aliphatic rings. The van der Waals surface area contributed by atoms with Crippen LogP contribution in [0.4, 0.5) is 11.4 Å². The van der Waals surface area contributed by atoms with E-state index in [0.717, 1.165) is 22.5 Å². The minimum Gasteiger partial charge on any atom is -0.369 e. The molecule has 3 nitrogen and oxygen atoms in total. The summed E-state index contributed by atoms with van der Waals surface area (Å²) in [7, 11) is 0. The smallest absolute Gasteiger partial charge is 0.197 e. The van der Waals surface area contributed by atoms with Gasteiger partial charge in [-0.05, 0) is 62.1 Å². The van der Waals surface area contributed by atoms with Gasteiger partial charge in [0.05, 0.1) is 11.4 Å². The van der Waals surface area contributed by atoms with E-state index in [1.807, 2.05) is 29.2 Å². The molecule has 0 amide bonds. The lowest BCUT2D eigenvalue weighted by molar-refractivity contribution is 1.19. The zero-order chi connectivity index (χ0) is 14.9. The highest BCUT2D eigenvalue weighted by Gasteiger charge is 2.17. The van der Waals surface area contributed by atoms with Gasteiger partial charge in [-0.1, -0.05) is 24.3 Å². The lowest BCUT2D eigenvalue weighted by Gasteiger charge is -2.27. The van der Waals surface area contributed by atoms with Crippen molar-refractivity contribution < 1.29 is 0 Å². The van der Waals surface area contributed by atoms with Crippen molar-refractivity contribution in [2.24, 2.45) is 5.73 Å². The first-order chi connectivity index (χ1) is 9.43. The van der Waals surface area contributed by atoms with Crippen LogP contribution >= 0.6 is 0 Å². The second kappa shape index (κ2) is 5.37. The molecule has 0 aliphatic carbocycles. The highest BCUT2D eigenvalue weighted by atomic mass is 15.2. The molecule has 0 aliphatic heterocycles. The van der Waals surface area contributed by atoms with E-state index in [0.29, 0.717) is 0 Å². The standard InChI is InChI=1S/C17H21N3/c1-11-7-5-9-15(13(11)3)20(17(18)19)16-10-6-8-12(2)14(16)4/h5-10H,1-4H3,(H3,18,19). The zero-order valence-electron chi connectivity index (χ0n) is 12.5. The van der Waals surface area contributed by atoms with Gasteiger partial charge in [-0.15, -0.1) is 0 Å². The van der Waals surface area contributed by atoms with Crippen molar-refractivity contribution in [2.45, 2.75) is 27.7 Å². The molecule has 3 N–H and O–H groups in total. The summed E-state index contributed by atoms with van der Waals surface area (Å²) in [6.45, 7) is 8.26. The summed E-state index contributed by atoms with van der Waals surface area (Å²) in [6.07, 6.45) is 0. The summed E-state index contributed by atoms with van der Waals surface area (Å²) < 4.78 is 0. The van der Waals surface area contributed by atoms with Crippen LogP contribution in [0.5, 0.6) is 0 Å². The van der Waals surface area contributed by atoms with Crippen LogP contribution in [0, 0.1) is 33.1 Å². The van der Waals surface area contributed by atoms with E-state index in [9.17, 15) is 0 Å². The van der Waals surface area contributed by atoms with Gasteiger partial charge < -0.3 is 5.73 Å². The minimum absolute atomic E-state index is 0.0346. The summed E-state index contributed by atoms with van der Waals surface area (Å²) in [5, 5.41) is 7.96. The second-order valence-corrected chi connectivity index (χ2v) is 5.16. The van der Waals surface area contributed by atoms with Crippen LogP contribution in [0.15, 0.2) is 36.4 Å². The number of hydrogen-bond acceptors (Lipinski definition) is 1. The van der Waals surface area contributed by atoms with Crippen LogP contribution in [0.1, 0.15) is 22.3 Å². The minimum atomic E-state index is 0.0346. The van der Waals surface area contributed by atoms with Gasteiger partial charge >= 0.3 is 0 Å². The number of anilines is 2. The Hall–Kier alpha value is -2.29. The van der Waals surface area contributed by atoms with Crippen LogP contribution < -0.4 is 10.6 Å². The Labute approximate surface area is 120 Å². The molecule has 0 aromatic heterocycles. The molecule has 2 aromatic carbocycles.